The topological polar surface area (TPSA) is 55.0 Å². The van der Waals surface area contributed by atoms with E-state index in [0.717, 1.165) is 47.2 Å². The minimum absolute atomic E-state index is 0.00387. The Morgan fingerprint density at radius 3 is 2.53 bits per heavy atom. The minimum atomic E-state index is -0.336. The van der Waals surface area contributed by atoms with Crippen molar-refractivity contribution in [3.63, 3.8) is 0 Å². The van der Waals surface area contributed by atoms with Crippen LogP contribution in [0.15, 0.2) is 4.79 Å². The van der Waals surface area contributed by atoms with Crippen LogP contribution < -0.4 is 5.56 Å². The van der Waals surface area contributed by atoms with Gasteiger partial charge in [0.2, 0.25) is 0 Å². The first-order valence-corrected chi connectivity index (χ1v) is 8.09. The largest absolute Gasteiger partial charge is 0.370 e. The van der Waals surface area contributed by atoms with Gasteiger partial charge in [-0.2, -0.15) is 0 Å². The lowest BCUT2D eigenvalue weighted by Crippen LogP contribution is -2.40. The predicted octanol–water partition coefficient (Wildman–Crippen LogP) is 3.06. The minimum Gasteiger partial charge on any atom is -0.370 e. The zero-order valence-corrected chi connectivity index (χ0v) is 13.3. The smallest absolute Gasteiger partial charge is 0.264 e. The van der Waals surface area contributed by atoms with E-state index in [9.17, 15) is 4.79 Å². The molecule has 3 rings (SSSR count). The van der Waals surface area contributed by atoms with E-state index < -0.39 is 0 Å². The number of ether oxygens (including phenoxy) is 1. The molecule has 1 heterocycles. The van der Waals surface area contributed by atoms with Crippen LogP contribution in [0.25, 0.3) is 0 Å². The van der Waals surface area contributed by atoms with Crippen LogP contribution in [0.4, 0.5) is 0 Å². The van der Waals surface area contributed by atoms with Crippen molar-refractivity contribution in [1.29, 1.82) is 0 Å². The van der Waals surface area contributed by atoms with Crippen LogP contribution in [0, 0.1) is 3.57 Å². The normalized spacial score (nSPS) is 22.4. The third-order valence-electron chi connectivity index (χ3n) is 4.61. The van der Waals surface area contributed by atoms with Crippen LogP contribution in [0.1, 0.15) is 62.4 Å². The molecule has 0 spiro atoms. The lowest BCUT2D eigenvalue weighted by atomic mass is 9.79. The number of nitrogens with zero attached hydrogens (tertiary/aromatic N) is 1. The summed E-state index contributed by atoms with van der Waals surface area (Å²) >= 11 is 2.13. The molecule has 0 aromatic carbocycles. The van der Waals surface area contributed by atoms with Crippen LogP contribution in [-0.4, -0.2) is 17.1 Å². The lowest BCUT2D eigenvalue weighted by molar-refractivity contribution is -0.0850. The molecule has 1 aromatic rings. The van der Waals surface area contributed by atoms with Gasteiger partial charge in [0, 0.05) is 13.0 Å². The second-order valence-electron chi connectivity index (χ2n) is 5.65. The highest BCUT2D eigenvalue weighted by atomic mass is 127. The summed E-state index contributed by atoms with van der Waals surface area (Å²) in [7, 11) is 1.71. The third-order valence-corrected chi connectivity index (χ3v) is 5.66. The molecule has 1 aromatic heterocycles. The highest BCUT2D eigenvalue weighted by Crippen LogP contribution is 2.43. The van der Waals surface area contributed by atoms with Gasteiger partial charge in [0.15, 0.2) is 0 Å². The molecule has 2 saturated carbocycles. The number of rotatable bonds is 3. The van der Waals surface area contributed by atoms with Gasteiger partial charge in [-0.3, -0.25) is 4.79 Å². The Morgan fingerprint density at radius 2 is 2.00 bits per heavy atom. The number of nitrogens with one attached hydrogen (secondary N) is 1. The molecule has 0 radical (unpaired) electrons. The molecule has 5 heteroatoms. The van der Waals surface area contributed by atoms with E-state index in [2.05, 4.69) is 27.6 Å². The van der Waals surface area contributed by atoms with E-state index in [0.29, 0.717) is 5.92 Å². The fourth-order valence-electron chi connectivity index (χ4n) is 3.20. The molecule has 104 valence electrons. The lowest BCUT2D eigenvalue weighted by Gasteiger charge is -2.39. The highest BCUT2D eigenvalue weighted by Gasteiger charge is 2.42. The average Bonchev–Trinajstić information content (AvgIpc) is 2.86. The molecule has 0 saturated heterocycles. The molecule has 2 aliphatic rings. The zero-order chi connectivity index (χ0) is 13.5. The van der Waals surface area contributed by atoms with E-state index in [4.69, 9.17) is 9.72 Å². The van der Waals surface area contributed by atoms with Crippen molar-refractivity contribution in [3.05, 3.63) is 25.4 Å². The molecule has 0 atom stereocenters. The number of methoxy groups -OCH3 is 1. The second-order valence-corrected chi connectivity index (χ2v) is 6.73. The predicted molar refractivity (Wildman–Crippen MR) is 81.3 cm³/mol. The molecular formula is C14H19IN2O2. The Bertz CT molecular complexity index is 525. The molecule has 2 fully saturated rings. The van der Waals surface area contributed by atoms with E-state index in [1.54, 1.807) is 7.11 Å². The zero-order valence-electron chi connectivity index (χ0n) is 11.2. The van der Waals surface area contributed by atoms with Crippen molar-refractivity contribution >= 4 is 22.6 Å². The van der Waals surface area contributed by atoms with Crippen LogP contribution in [0.3, 0.4) is 0 Å². The Kier molecular flexibility index (Phi) is 3.68. The average molecular weight is 374 g/mol. The Hall–Kier alpha value is -0.430. The Balaban J connectivity index is 2.04. The number of hydrogen-bond donors (Lipinski definition) is 1. The summed E-state index contributed by atoms with van der Waals surface area (Å²) in [6.07, 6.45) is 7.87. The van der Waals surface area contributed by atoms with Crippen molar-refractivity contribution in [2.75, 3.05) is 7.11 Å². The van der Waals surface area contributed by atoms with Crippen molar-refractivity contribution in [2.24, 2.45) is 0 Å². The van der Waals surface area contributed by atoms with Gasteiger partial charge in [-0.05, 0) is 54.7 Å². The van der Waals surface area contributed by atoms with E-state index in [1.165, 1.54) is 12.8 Å². The van der Waals surface area contributed by atoms with Gasteiger partial charge in [0.25, 0.3) is 5.56 Å². The maximum absolute atomic E-state index is 12.2. The third kappa shape index (κ3) is 2.24. The molecule has 0 aliphatic heterocycles. The van der Waals surface area contributed by atoms with E-state index in [1.807, 2.05) is 0 Å². The monoisotopic (exact) mass is 374 g/mol. The Morgan fingerprint density at radius 1 is 1.32 bits per heavy atom. The molecule has 19 heavy (non-hydrogen) atoms. The number of aromatic amines is 1. The van der Waals surface area contributed by atoms with Crippen molar-refractivity contribution < 1.29 is 4.74 Å². The fraction of sp³-hybridized carbons (Fsp3) is 0.714. The molecule has 0 bridgehead atoms. The molecule has 0 amide bonds. The van der Waals surface area contributed by atoms with Crippen LogP contribution in [0.2, 0.25) is 0 Å². The van der Waals surface area contributed by atoms with Crippen LogP contribution in [-0.2, 0) is 10.3 Å². The van der Waals surface area contributed by atoms with Gasteiger partial charge >= 0.3 is 0 Å². The van der Waals surface area contributed by atoms with Gasteiger partial charge in [0.1, 0.15) is 11.4 Å². The van der Waals surface area contributed by atoms with Gasteiger partial charge < -0.3 is 9.72 Å². The SMILES string of the molecule is COC1(c2nc(C3CCCC3)c(I)c(=O)[nH]2)CCC1. The summed E-state index contributed by atoms with van der Waals surface area (Å²) in [6, 6.07) is 0. The molecule has 2 aliphatic carbocycles. The Labute approximate surface area is 126 Å². The van der Waals surface area contributed by atoms with Gasteiger partial charge in [-0.25, -0.2) is 4.98 Å². The van der Waals surface area contributed by atoms with Crippen molar-refractivity contribution in [2.45, 2.75) is 56.5 Å². The summed E-state index contributed by atoms with van der Waals surface area (Å²) < 4.78 is 6.40. The first-order chi connectivity index (χ1) is 9.16. The molecule has 1 N–H and O–H groups in total. The number of halogens is 1. The summed E-state index contributed by atoms with van der Waals surface area (Å²) in [5, 5.41) is 0. The maximum Gasteiger partial charge on any atom is 0.264 e. The molecular weight excluding hydrogens is 355 g/mol. The molecule has 4 nitrogen and oxygen atoms in total. The van der Waals surface area contributed by atoms with Gasteiger partial charge in [-0.15, -0.1) is 0 Å². The van der Waals surface area contributed by atoms with Crippen molar-refractivity contribution in [1.82, 2.24) is 9.97 Å². The summed E-state index contributed by atoms with van der Waals surface area (Å²) in [5.74, 6) is 1.20. The number of aromatic nitrogens is 2. The fourth-order valence-corrected chi connectivity index (χ4v) is 3.89. The summed E-state index contributed by atoms with van der Waals surface area (Å²) in [6.45, 7) is 0. The van der Waals surface area contributed by atoms with E-state index in [-0.39, 0.29) is 11.2 Å². The van der Waals surface area contributed by atoms with E-state index >= 15 is 0 Å². The first-order valence-electron chi connectivity index (χ1n) is 7.01. The van der Waals surface area contributed by atoms with Crippen LogP contribution >= 0.6 is 22.6 Å². The van der Waals surface area contributed by atoms with Gasteiger partial charge in [-0.1, -0.05) is 12.8 Å². The second kappa shape index (κ2) is 5.16. The van der Waals surface area contributed by atoms with Crippen LogP contribution in [0.5, 0.6) is 0 Å². The number of hydrogen-bond acceptors (Lipinski definition) is 3. The maximum atomic E-state index is 12.2. The quantitative estimate of drug-likeness (QED) is 0.828. The summed E-state index contributed by atoms with van der Waals surface area (Å²) in [5.41, 5.74) is 0.660. The summed E-state index contributed by atoms with van der Waals surface area (Å²) in [4.78, 5) is 19.9. The number of H-pyrrole nitrogens is 1. The standard InChI is InChI=1S/C14H19IN2O2/c1-19-14(7-4-8-14)13-16-11(9-5-2-3-6-9)10(15)12(18)17-13/h9H,2-8H2,1H3,(H,16,17,18). The highest BCUT2D eigenvalue weighted by molar-refractivity contribution is 14.1. The molecule has 0 unspecified atom stereocenters. The van der Waals surface area contributed by atoms with Gasteiger partial charge in [0.05, 0.1) is 9.26 Å². The first kappa shape index (κ1) is 13.5. The van der Waals surface area contributed by atoms with Crippen molar-refractivity contribution in [3.8, 4) is 0 Å².